The molecule has 1 unspecified atom stereocenters. The zero-order valence-electron chi connectivity index (χ0n) is 19.7. The number of fused-ring (bicyclic) bond motifs is 1. The number of pyridine rings is 1. The normalized spacial score (nSPS) is 20.3. The van der Waals surface area contributed by atoms with Gasteiger partial charge < -0.3 is 4.74 Å². The van der Waals surface area contributed by atoms with Gasteiger partial charge in [0.05, 0.1) is 12.8 Å². The predicted octanol–water partition coefficient (Wildman–Crippen LogP) is 7.30. The molecule has 4 rings (SSSR count). The Hall–Kier alpha value is -2.68. The summed E-state index contributed by atoms with van der Waals surface area (Å²) >= 11 is 0. The minimum atomic E-state index is 0.135. The fraction of sp³-hybridized carbons (Fsp3) is 0.448. The molecule has 2 aliphatic carbocycles. The Morgan fingerprint density at radius 2 is 1.97 bits per heavy atom. The van der Waals surface area contributed by atoms with Gasteiger partial charge in [0.2, 0.25) is 0 Å². The topological polar surface area (TPSA) is 39.2 Å². The fourth-order valence-corrected chi connectivity index (χ4v) is 5.53. The number of carbonyl (C=O) groups excluding carboxylic acids is 1. The monoisotopic (exact) mass is 429 g/mol. The van der Waals surface area contributed by atoms with E-state index in [0.29, 0.717) is 24.3 Å². The highest BCUT2D eigenvalue weighted by Crippen LogP contribution is 2.46. The van der Waals surface area contributed by atoms with Crippen molar-refractivity contribution in [1.29, 1.82) is 0 Å². The number of ketones is 1. The number of allylic oxidation sites excluding steroid dienone is 3. The lowest BCUT2D eigenvalue weighted by Gasteiger charge is -2.23. The maximum Gasteiger partial charge on any atom is 0.162 e. The van der Waals surface area contributed by atoms with Gasteiger partial charge >= 0.3 is 0 Å². The lowest BCUT2D eigenvalue weighted by Crippen LogP contribution is -2.13. The molecule has 0 spiro atoms. The number of hydrogen-bond donors (Lipinski definition) is 0. The molecule has 1 heterocycles. The minimum Gasteiger partial charge on any atom is -0.496 e. The molecule has 168 valence electrons. The van der Waals surface area contributed by atoms with E-state index in [1.165, 1.54) is 42.5 Å². The first-order valence-corrected chi connectivity index (χ1v) is 12.1. The summed E-state index contributed by atoms with van der Waals surface area (Å²) < 4.78 is 5.63. The Balaban J connectivity index is 1.70. The van der Waals surface area contributed by atoms with Crippen molar-refractivity contribution in [2.75, 3.05) is 7.11 Å². The van der Waals surface area contributed by atoms with Crippen LogP contribution in [0.15, 0.2) is 48.6 Å². The van der Waals surface area contributed by atoms with E-state index in [-0.39, 0.29) is 5.78 Å². The zero-order valence-corrected chi connectivity index (χ0v) is 19.7. The molecular weight excluding hydrogens is 394 g/mol. The van der Waals surface area contributed by atoms with Crippen LogP contribution in [0.4, 0.5) is 0 Å². The lowest BCUT2D eigenvalue weighted by atomic mass is 9.83. The van der Waals surface area contributed by atoms with E-state index in [4.69, 9.17) is 9.72 Å². The number of hydrogen-bond acceptors (Lipinski definition) is 3. The molecule has 1 fully saturated rings. The average Bonchev–Trinajstić information content (AvgIpc) is 3.31. The van der Waals surface area contributed by atoms with Crippen LogP contribution in [0.25, 0.3) is 5.57 Å². The van der Waals surface area contributed by atoms with Gasteiger partial charge in [-0.05, 0) is 61.8 Å². The molecule has 32 heavy (non-hydrogen) atoms. The third kappa shape index (κ3) is 4.44. The highest BCUT2D eigenvalue weighted by atomic mass is 16.5. The molecule has 3 heteroatoms. The number of ether oxygens (including phenoxy) is 1. The van der Waals surface area contributed by atoms with Gasteiger partial charge in [-0.1, -0.05) is 50.6 Å². The van der Waals surface area contributed by atoms with Crippen LogP contribution in [0.3, 0.4) is 0 Å². The van der Waals surface area contributed by atoms with Crippen molar-refractivity contribution in [3.05, 3.63) is 76.6 Å². The van der Waals surface area contributed by atoms with Crippen LogP contribution in [-0.2, 0) is 6.42 Å². The van der Waals surface area contributed by atoms with Crippen molar-refractivity contribution in [1.82, 2.24) is 4.98 Å². The van der Waals surface area contributed by atoms with Gasteiger partial charge in [0.15, 0.2) is 5.78 Å². The van der Waals surface area contributed by atoms with Crippen molar-refractivity contribution < 1.29 is 9.53 Å². The third-order valence-electron chi connectivity index (χ3n) is 7.39. The van der Waals surface area contributed by atoms with Crippen LogP contribution < -0.4 is 4.74 Å². The van der Waals surface area contributed by atoms with Gasteiger partial charge in [-0.2, -0.15) is 0 Å². The first-order chi connectivity index (χ1) is 15.5. The van der Waals surface area contributed by atoms with Crippen molar-refractivity contribution >= 4 is 11.4 Å². The standard InChI is InChI=1S/C29H35NO2/c1-5-20-13-15-26(21-9-7-8-10-21)29-25(19(20)3)16-14-24(30-29)17-23-12-11-22(27(31)6-2)18-28(23)32-4/h5,11-12,14,16,18,21,26H,3,6-10,13,15,17H2,1-2,4H3/b20-5-. The largest absolute Gasteiger partial charge is 0.496 e. The molecule has 1 aromatic heterocycles. The second-order valence-corrected chi connectivity index (χ2v) is 9.20. The first-order valence-electron chi connectivity index (χ1n) is 12.1. The van der Waals surface area contributed by atoms with E-state index in [1.54, 1.807) is 7.11 Å². The molecule has 2 aromatic rings. The maximum absolute atomic E-state index is 12.1. The Morgan fingerprint density at radius 1 is 1.19 bits per heavy atom. The van der Waals surface area contributed by atoms with Gasteiger partial charge in [0, 0.05) is 41.1 Å². The Labute approximate surface area is 192 Å². The Bertz CT molecular complexity index is 1040. The van der Waals surface area contributed by atoms with Crippen molar-refractivity contribution in [3.63, 3.8) is 0 Å². The summed E-state index contributed by atoms with van der Waals surface area (Å²) in [7, 11) is 1.67. The Kier molecular flexibility index (Phi) is 6.93. The SMILES string of the molecule is C=C1/C(=C\C)CCC(C2CCCC2)c2nc(Cc3ccc(C(=O)CC)cc3OC)ccc21. The molecule has 1 saturated carbocycles. The number of aromatic nitrogens is 1. The molecule has 0 saturated heterocycles. The second kappa shape index (κ2) is 9.85. The van der Waals surface area contributed by atoms with Crippen LogP contribution in [0.1, 0.15) is 97.6 Å². The van der Waals surface area contributed by atoms with Crippen LogP contribution in [-0.4, -0.2) is 17.9 Å². The summed E-state index contributed by atoms with van der Waals surface area (Å²) in [5.41, 5.74) is 7.80. The molecule has 1 atom stereocenters. The summed E-state index contributed by atoms with van der Waals surface area (Å²) in [4.78, 5) is 17.4. The fourth-order valence-electron chi connectivity index (χ4n) is 5.53. The highest BCUT2D eigenvalue weighted by Gasteiger charge is 2.32. The number of rotatable bonds is 6. The minimum absolute atomic E-state index is 0.135. The number of carbonyl (C=O) groups is 1. The number of nitrogens with zero attached hydrogens (tertiary/aromatic N) is 1. The second-order valence-electron chi connectivity index (χ2n) is 9.20. The summed E-state index contributed by atoms with van der Waals surface area (Å²) in [5.74, 6) is 2.13. The predicted molar refractivity (Wildman–Crippen MR) is 131 cm³/mol. The molecule has 0 radical (unpaired) electrons. The van der Waals surface area contributed by atoms with Crippen LogP contribution >= 0.6 is 0 Å². The van der Waals surface area contributed by atoms with Crippen molar-refractivity contribution in [2.45, 2.75) is 71.1 Å². The Morgan fingerprint density at radius 3 is 2.66 bits per heavy atom. The smallest absolute Gasteiger partial charge is 0.162 e. The van der Waals surface area contributed by atoms with Gasteiger partial charge in [-0.15, -0.1) is 0 Å². The number of benzene rings is 1. The first kappa shape index (κ1) is 22.5. The zero-order chi connectivity index (χ0) is 22.7. The molecule has 0 amide bonds. The molecule has 1 aromatic carbocycles. The van der Waals surface area contributed by atoms with Crippen LogP contribution in [0.2, 0.25) is 0 Å². The maximum atomic E-state index is 12.1. The molecule has 3 nitrogen and oxygen atoms in total. The van der Waals surface area contributed by atoms with E-state index < -0.39 is 0 Å². The van der Waals surface area contributed by atoms with Gasteiger partial charge in [0.1, 0.15) is 5.75 Å². The summed E-state index contributed by atoms with van der Waals surface area (Å²) in [6.07, 6.45) is 11.0. The van der Waals surface area contributed by atoms with E-state index in [0.717, 1.165) is 41.3 Å². The molecule has 0 N–H and O–H groups in total. The molecule has 0 aliphatic heterocycles. The number of Topliss-reactive ketones (excluding diaryl/α,β-unsaturated/α-hetero) is 1. The van der Waals surface area contributed by atoms with Gasteiger partial charge in [-0.25, -0.2) is 0 Å². The van der Waals surface area contributed by atoms with Crippen LogP contribution in [0.5, 0.6) is 5.75 Å². The molecule has 2 aliphatic rings. The van der Waals surface area contributed by atoms with E-state index >= 15 is 0 Å². The van der Waals surface area contributed by atoms with E-state index in [9.17, 15) is 4.79 Å². The lowest BCUT2D eigenvalue weighted by molar-refractivity contribution is 0.0988. The molecule has 0 bridgehead atoms. The van der Waals surface area contributed by atoms with Crippen molar-refractivity contribution in [3.8, 4) is 5.75 Å². The third-order valence-corrected chi connectivity index (χ3v) is 7.39. The van der Waals surface area contributed by atoms with E-state index in [2.05, 4.69) is 31.7 Å². The average molecular weight is 430 g/mol. The summed E-state index contributed by atoms with van der Waals surface area (Å²) in [5, 5.41) is 0. The summed E-state index contributed by atoms with van der Waals surface area (Å²) in [6.45, 7) is 8.45. The summed E-state index contributed by atoms with van der Waals surface area (Å²) in [6, 6.07) is 10.2. The van der Waals surface area contributed by atoms with Gasteiger partial charge in [0.25, 0.3) is 0 Å². The number of methoxy groups -OCH3 is 1. The highest BCUT2D eigenvalue weighted by molar-refractivity contribution is 5.96. The molecular formula is C29H35NO2. The van der Waals surface area contributed by atoms with E-state index in [1.807, 2.05) is 25.1 Å². The van der Waals surface area contributed by atoms with Crippen LogP contribution in [0, 0.1) is 5.92 Å². The quantitative estimate of drug-likeness (QED) is 0.357. The van der Waals surface area contributed by atoms with Crippen molar-refractivity contribution in [2.24, 2.45) is 5.92 Å². The van der Waals surface area contributed by atoms with Gasteiger partial charge in [-0.3, -0.25) is 9.78 Å².